The molecule has 3 heteroatoms. The Morgan fingerprint density at radius 1 is 1.00 bits per heavy atom. The summed E-state index contributed by atoms with van der Waals surface area (Å²) in [5.74, 6) is 0.469. The molecule has 0 spiro atoms. The molecule has 1 atom stereocenters. The van der Waals surface area contributed by atoms with Crippen LogP contribution in [0.5, 0.6) is 0 Å². The van der Waals surface area contributed by atoms with Gasteiger partial charge in [-0.3, -0.25) is 0 Å². The number of unbranched alkanes of at least 4 members (excludes halogenated alkanes) is 1. The van der Waals surface area contributed by atoms with Gasteiger partial charge in [-0.15, -0.1) is 0 Å². The van der Waals surface area contributed by atoms with Gasteiger partial charge in [0.25, 0.3) is 0 Å². The summed E-state index contributed by atoms with van der Waals surface area (Å²) in [5, 5.41) is 3.79. The number of hydrogen-bond donors (Lipinski definition) is 1. The first-order chi connectivity index (χ1) is 11.7. The van der Waals surface area contributed by atoms with Crippen LogP contribution in [0.1, 0.15) is 44.7 Å². The fourth-order valence-electron chi connectivity index (χ4n) is 3.88. The third kappa shape index (κ3) is 3.15. The van der Waals surface area contributed by atoms with Crippen LogP contribution in [0.2, 0.25) is 6.32 Å². The first-order valence-electron chi connectivity index (χ1n) is 9.23. The van der Waals surface area contributed by atoms with Gasteiger partial charge in [-0.25, -0.2) is 0 Å². The van der Waals surface area contributed by atoms with E-state index in [1.54, 1.807) is 0 Å². The highest BCUT2D eigenvalue weighted by Crippen LogP contribution is 2.44. The molecule has 1 aliphatic rings. The van der Waals surface area contributed by atoms with Gasteiger partial charge >= 0.3 is 7.05 Å². The zero-order chi connectivity index (χ0) is 17.0. The standard InChI is InChI=1S/C21H28BNO/c1-4-5-16-22-23-20(17(2)3)21(24-22,18-12-8-6-9-13-18)19-14-10-7-11-15-19/h6-15,17,20,23H,4-5,16H2,1-3H3/t20-/m0/s1. The van der Waals surface area contributed by atoms with E-state index in [2.05, 4.69) is 86.7 Å². The van der Waals surface area contributed by atoms with Crippen LogP contribution in [0.25, 0.3) is 0 Å². The van der Waals surface area contributed by atoms with E-state index < -0.39 is 5.60 Å². The molecule has 0 saturated carbocycles. The van der Waals surface area contributed by atoms with E-state index in [4.69, 9.17) is 4.65 Å². The molecule has 0 aliphatic carbocycles. The third-order valence-corrected chi connectivity index (χ3v) is 5.02. The Bertz CT molecular complexity index is 589. The predicted molar refractivity (Wildman–Crippen MR) is 102 cm³/mol. The van der Waals surface area contributed by atoms with Crippen LogP contribution in [0.15, 0.2) is 60.7 Å². The number of hydrogen-bond acceptors (Lipinski definition) is 2. The van der Waals surface area contributed by atoms with Crippen molar-refractivity contribution in [2.24, 2.45) is 5.92 Å². The van der Waals surface area contributed by atoms with Gasteiger partial charge in [0.1, 0.15) is 5.60 Å². The van der Waals surface area contributed by atoms with Crippen LogP contribution < -0.4 is 5.23 Å². The Labute approximate surface area is 146 Å². The van der Waals surface area contributed by atoms with Gasteiger partial charge in [0.05, 0.1) is 0 Å². The molecule has 1 saturated heterocycles. The Kier molecular flexibility index (Phi) is 5.42. The molecule has 2 nitrogen and oxygen atoms in total. The maximum absolute atomic E-state index is 6.79. The first-order valence-corrected chi connectivity index (χ1v) is 9.23. The van der Waals surface area contributed by atoms with Crippen molar-refractivity contribution in [3.05, 3.63) is 71.8 Å². The van der Waals surface area contributed by atoms with Crippen LogP contribution in [-0.2, 0) is 10.3 Å². The molecule has 0 aromatic heterocycles. The quantitative estimate of drug-likeness (QED) is 0.767. The molecule has 2 aromatic carbocycles. The monoisotopic (exact) mass is 321 g/mol. The van der Waals surface area contributed by atoms with Crippen LogP contribution in [0, 0.1) is 5.92 Å². The molecule has 2 aromatic rings. The zero-order valence-electron chi connectivity index (χ0n) is 15.0. The average molecular weight is 321 g/mol. The molecular formula is C21H28BNO. The fourth-order valence-corrected chi connectivity index (χ4v) is 3.88. The summed E-state index contributed by atoms with van der Waals surface area (Å²) in [6, 6.07) is 21.6. The minimum Gasteiger partial charge on any atom is -0.406 e. The molecule has 0 unspecified atom stereocenters. The van der Waals surface area contributed by atoms with Gasteiger partial charge < -0.3 is 9.88 Å². The summed E-state index contributed by atoms with van der Waals surface area (Å²) in [7, 11) is 0.109. The van der Waals surface area contributed by atoms with Crippen LogP contribution >= 0.6 is 0 Å². The maximum Gasteiger partial charge on any atom is 0.380 e. The highest BCUT2D eigenvalue weighted by atomic mass is 16.5. The Balaban J connectivity index is 2.09. The average Bonchev–Trinajstić information content (AvgIpc) is 3.02. The van der Waals surface area contributed by atoms with Gasteiger partial charge in [0, 0.05) is 6.04 Å². The Morgan fingerprint density at radius 2 is 1.54 bits per heavy atom. The summed E-state index contributed by atoms with van der Waals surface area (Å²) in [6.07, 6.45) is 3.43. The molecule has 1 N–H and O–H groups in total. The second kappa shape index (κ2) is 7.54. The van der Waals surface area contributed by atoms with Gasteiger partial charge in [-0.2, -0.15) is 0 Å². The Hall–Kier alpha value is -1.58. The summed E-state index contributed by atoms with van der Waals surface area (Å²) in [5.41, 5.74) is 2.05. The lowest BCUT2D eigenvalue weighted by Gasteiger charge is -2.38. The molecule has 3 rings (SSSR count). The second-order valence-corrected chi connectivity index (χ2v) is 7.10. The molecule has 126 valence electrons. The normalized spacial score (nSPS) is 19.8. The molecule has 0 radical (unpaired) electrons. The van der Waals surface area contributed by atoms with E-state index in [-0.39, 0.29) is 13.1 Å². The van der Waals surface area contributed by atoms with Crippen molar-refractivity contribution in [3.63, 3.8) is 0 Å². The predicted octanol–water partition coefficient (Wildman–Crippen LogP) is 4.86. The van der Waals surface area contributed by atoms with Crippen molar-refractivity contribution in [1.82, 2.24) is 5.23 Å². The van der Waals surface area contributed by atoms with E-state index in [1.807, 2.05) is 0 Å². The third-order valence-electron chi connectivity index (χ3n) is 5.02. The van der Waals surface area contributed by atoms with Crippen molar-refractivity contribution in [1.29, 1.82) is 0 Å². The smallest absolute Gasteiger partial charge is 0.380 e. The van der Waals surface area contributed by atoms with Gasteiger partial charge in [-0.05, 0) is 23.4 Å². The van der Waals surface area contributed by atoms with E-state index in [0.717, 1.165) is 6.32 Å². The molecule has 24 heavy (non-hydrogen) atoms. The Morgan fingerprint density at radius 3 is 2.00 bits per heavy atom. The van der Waals surface area contributed by atoms with Crippen molar-refractivity contribution in [2.75, 3.05) is 0 Å². The zero-order valence-corrected chi connectivity index (χ0v) is 15.0. The van der Waals surface area contributed by atoms with Crippen molar-refractivity contribution in [3.8, 4) is 0 Å². The van der Waals surface area contributed by atoms with Gasteiger partial charge in [0.15, 0.2) is 0 Å². The minimum atomic E-state index is -0.422. The summed E-state index contributed by atoms with van der Waals surface area (Å²) in [4.78, 5) is 0. The maximum atomic E-state index is 6.79. The first kappa shape index (κ1) is 17.3. The number of nitrogens with one attached hydrogen (secondary N) is 1. The molecular weight excluding hydrogens is 293 g/mol. The molecule has 1 heterocycles. The van der Waals surface area contributed by atoms with Crippen molar-refractivity contribution >= 4 is 7.05 Å². The molecule has 1 fully saturated rings. The van der Waals surface area contributed by atoms with E-state index in [1.165, 1.54) is 24.0 Å². The SMILES string of the molecule is CCCCB1N[C@@H](C(C)C)C(c2ccccc2)(c2ccccc2)O1. The largest absolute Gasteiger partial charge is 0.406 e. The van der Waals surface area contributed by atoms with E-state index >= 15 is 0 Å². The van der Waals surface area contributed by atoms with Gasteiger partial charge in [-0.1, -0.05) is 94.3 Å². The molecule has 1 aliphatic heterocycles. The highest BCUT2D eigenvalue weighted by molar-refractivity contribution is 6.50. The summed E-state index contributed by atoms with van der Waals surface area (Å²) < 4.78 is 6.79. The molecule has 0 amide bonds. The lowest BCUT2D eigenvalue weighted by Crippen LogP contribution is -2.46. The summed E-state index contributed by atoms with van der Waals surface area (Å²) >= 11 is 0. The fraction of sp³-hybridized carbons (Fsp3) is 0.429. The molecule has 0 bridgehead atoms. The number of rotatable bonds is 6. The number of benzene rings is 2. The van der Waals surface area contributed by atoms with Crippen LogP contribution in [0.3, 0.4) is 0 Å². The lowest BCUT2D eigenvalue weighted by molar-refractivity contribution is 0.0943. The van der Waals surface area contributed by atoms with E-state index in [9.17, 15) is 0 Å². The van der Waals surface area contributed by atoms with Crippen molar-refractivity contribution < 1.29 is 4.65 Å². The highest BCUT2D eigenvalue weighted by Gasteiger charge is 2.52. The summed E-state index contributed by atoms with van der Waals surface area (Å²) in [6.45, 7) is 6.80. The van der Waals surface area contributed by atoms with Crippen LogP contribution in [-0.4, -0.2) is 13.1 Å². The minimum absolute atomic E-state index is 0.109. The second-order valence-electron chi connectivity index (χ2n) is 7.10. The van der Waals surface area contributed by atoms with Crippen molar-refractivity contribution in [2.45, 2.75) is 51.6 Å². The topological polar surface area (TPSA) is 21.3 Å². The lowest BCUT2D eigenvalue weighted by atomic mass is 9.76. The van der Waals surface area contributed by atoms with Crippen LogP contribution in [0.4, 0.5) is 0 Å². The van der Waals surface area contributed by atoms with E-state index in [0.29, 0.717) is 5.92 Å². The van der Waals surface area contributed by atoms with Gasteiger partial charge in [0.2, 0.25) is 0 Å².